The molecular weight excluding hydrogens is 448 g/mol. The molecule has 5 rings (SSSR count). The number of carbonyl (C=O) groups excluding carboxylic acids is 2. The van der Waals surface area contributed by atoms with E-state index < -0.39 is 18.2 Å². The van der Waals surface area contributed by atoms with Crippen molar-refractivity contribution in [3.8, 4) is 11.1 Å². The van der Waals surface area contributed by atoms with Crippen molar-refractivity contribution in [2.24, 2.45) is 11.8 Å². The van der Waals surface area contributed by atoms with Gasteiger partial charge in [0.05, 0.1) is 0 Å². The molecule has 0 radical (unpaired) electrons. The number of nitrogens with zero attached hydrogens (tertiary/aromatic N) is 1. The largest absolute Gasteiger partial charge is 0.481 e. The zero-order chi connectivity index (χ0) is 24.4. The first-order valence-electron chi connectivity index (χ1n) is 12.2. The van der Waals surface area contributed by atoms with Crippen LogP contribution in [0.4, 0.5) is 4.79 Å². The van der Waals surface area contributed by atoms with Gasteiger partial charge in [-0.3, -0.25) is 9.59 Å². The molecule has 3 aliphatic rings. The van der Waals surface area contributed by atoms with E-state index in [0.29, 0.717) is 39.1 Å². The third-order valence-corrected chi connectivity index (χ3v) is 7.35. The Kier molecular flexibility index (Phi) is 6.72. The summed E-state index contributed by atoms with van der Waals surface area (Å²) < 4.78 is 11.3. The van der Waals surface area contributed by atoms with E-state index in [1.165, 1.54) is 11.1 Å². The van der Waals surface area contributed by atoms with Crippen molar-refractivity contribution in [3.63, 3.8) is 0 Å². The molecule has 0 aromatic heterocycles. The third kappa shape index (κ3) is 4.89. The lowest BCUT2D eigenvalue weighted by Crippen LogP contribution is -2.55. The van der Waals surface area contributed by atoms with Crippen LogP contribution in [0.5, 0.6) is 0 Å². The highest BCUT2D eigenvalue weighted by molar-refractivity contribution is 5.82. The average Bonchev–Trinajstić information content (AvgIpc) is 3.43. The molecule has 0 saturated carbocycles. The van der Waals surface area contributed by atoms with E-state index in [4.69, 9.17) is 14.6 Å². The molecule has 2 aromatic carbocycles. The summed E-state index contributed by atoms with van der Waals surface area (Å²) in [6.45, 7) is 2.17. The van der Waals surface area contributed by atoms with Crippen molar-refractivity contribution in [1.29, 1.82) is 0 Å². The quantitative estimate of drug-likeness (QED) is 0.604. The van der Waals surface area contributed by atoms with Gasteiger partial charge < -0.3 is 24.8 Å². The van der Waals surface area contributed by atoms with E-state index in [-0.39, 0.29) is 36.7 Å². The number of carboxylic acids is 1. The second kappa shape index (κ2) is 10.1. The monoisotopic (exact) mass is 478 g/mol. The van der Waals surface area contributed by atoms with E-state index in [9.17, 15) is 14.4 Å². The van der Waals surface area contributed by atoms with Crippen LogP contribution in [0, 0.1) is 11.8 Å². The van der Waals surface area contributed by atoms with Crippen molar-refractivity contribution in [1.82, 2.24) is 10.2 Å². The lowest BCUT2D eigenvalue weighted by atomic mass is 9.92. The van der Waals surface area contributed by atoms with E-state index in [2.05, 4.69) is 29.6 Å². The molecule has 2 unspecified atom stereocenters. The maximum Gasteiger partial charge on any atom is 0.407 e. The van der Waals surface area contributed by atoms with Crippen LogP contribution in [0.15, 0.2) is 48.5 Å². The Morgan fingerprint density at radius 1 is 1.03 bits per heavy atom. The molecule has 1 aliphatic carbocycles. The molecule has 2 fully saturated rings. The smallest absolute Gasteiger partial charge is 0.407 e. The van der Waals surface area contributed by atoms with Crippen molar-refractivity contribution in [2.75, 3.05) is 32.8 Å². The Morgan fingerprint density at radius 2 is 1.69 bits per heavy atom. The van der Waals surface area contributed by atoms with Crippen LogP contribution in [0.2, 0.25) is 0 Å². The van der Waals surface area contributed by atoms with Crippen molar-refractivity contribution >= 4 is 18.0 Å². The predicted octanol–water partition coefficient (Wildman–Crippen LogP) is 3.25. The summed E-state index contributed by atoms with van der Waals surface area (Å²) in [5.41, 5.74) is 4.68. The molecule has 8 heteroatoms. The molecule has 2 aromatic rings. The first-order chi connectivity index (χ1) is 17.0. The second-order valence-corrected chi connectivity index (χ2v) is 9.59. The Balaban J connectivity index is 1.10. The van der Waals surface area contributed by atoms with E-state index >= 15 is 0 Å². The number of amides is 2. The molecule has 2 heterocycles. The van der Waals surface area contributed by atoms with Gasteiger partial charge in [0, 0.05) is 44.5 Å². The number of nitrogens with one attached hydrogen (secondary N) is 1. The predicted molar refractivity (Wildman–Crippen MR) is 128 cm³/mol. The summed E-state index contributed by atoms with van der Waals surface area (Å²) in [7, 11) is 0. The Morgan fingerprint density at radius 3 is 2.34 bits per heavy atom. The summed E-state index contributed by atoms with van der Waals surface area (Å²) in [6, 6.07) is 16.4. The lowest BCUT2D eigenvalue weighted by Gasteiger charge is -2.41. The topological polar surface area (TPSA) is 105 Å². The first kappa shape index (κ1) is 23.4. The van der Waals surface area contributed by atoms with Gasteiger partial charge in [-0.05, 0) is 41.0 Å². The third-order valence-electron chi connectivity index (χ3n) is 7.35. The fraction of sp³-hybridized carbons (Fsp3) is 0.444. The van der Waals surface area contributed by atoms with Gasteiger partial charge in [0.1, 0.15) is 12.7 Å². The molecule has 35 heavy (non-hydrogen) atoms. The van der Waals surface area contributed by atoms with E-state index in [1.54, 1.807) is 4.90 Å². The van der Waals surface area contributed by atoms with Crippen molar-refractivity contribution in [2.45, 2.75) is 31.3 Å². The minimum atomic E-state index is -0.812. The highest BCUT2D eigenvalue weighted by Crippen LogP contribution is 2.44. The number of rotatable bonds is 8. The van der Waals surface area contributed by atoms with Crippen LogP contribution in [0.3, 0.4) is 0 Å². The molecule has 2 atom stereocenters. The molecule has 2 saturated heterocycles. The summed E-state index contributed by atoms with van der Waals surface area (Å²) in [5.74, 6) is -0.769. The SMILES string of the molecule is O=C(O)CCC1CN(C(=O)C2OCCC2CNC(=O)OCC2c3ccccc3-c3ccccc32)C1. The Hall–Kier alpha value is -3.39. The molecule has 2 N–H and O–H groups in total. The van der Waals surface area contributed by atoms with Crippen molar-refractivity contribution in [3.05, 3.63) is 59.7 Å². The Bertz CT molecular complexity index is 1070. The number of carboxylic acid groups (broad SMARTS) is 1. The van der Waals surface area contributed by atoms with Crippen LogP contribution < -0.4 is 5.32 Å². The molecule has 2 amide bonds. The van der Waals surface area contributed by atoms with Gasteiger partial charge >= 0.3 is 12.1 Å². The summed E-state index contributed by atoms with van der Waals surface area (Å²) in [6.07, 6.45) is 0.319. The van der Waals surface area contributed by atoms with Crippen LogP contribution in [-0.4, -0.2) is 66.9 Å². The molecule has 2 aliphatic heterocycles. The van der Waals surface area contributed by atoms with Gasteiger partial charge in [-0.25, -0.2) is 4.79 Å². The number of alkyl carbamates (subject to hydrolysis) is 1. The zero-order valence-corrected chi connectivity index (χ0v) is 19.5. The first-order valence-corrected chi connectivity index (χ1v) is 12.2. The highest BCUT2D eigenvalue weighted by atomic mass is 16.5. The van der Waals surface area contributed by atoms with Crippen molar-refractivity contribution < 1.29 is 29.0 Å². The second-order valence-electron chi connectivity index (χ2n) is 9.59. The van der Waals surface area contributed by atoms with Gasteiger partial charge in [-0.1, -0.05) is 48.5 Å². The minimum absolute atomic E-state index is 0.00206. The van der Waals surface area contributed by atoms with Gasteiger partial charge in [-0.15, -0.1) is 0 Å². The van der Waals surface area contributed by atoms with Crippen LogP contribution in [0.25, 0.3) is 11.1 Å². The maximum atomic E-state index is 12.8. The summed E-state index contributed by atoms with van der Waals surface area (Å²) in [4.78, 5) is 37.8. The fourth-order valence-electron chi connectivity index (χ4n) is 5.42. The van der Waals surface area contributed by atoms with E-state index in [1.807, 2.05) is 24.3 Å². The number of hydrogen-bond donors (Lipinski definition) is 2. The molecule has 8 nitrogen and oxygen atoms in total. The highest BCUT2D eigenvalue weighted by Gasteiger charge is 2.41. The molecule has 0 bridgehead atoms. The number of benzene rings is 2. The average molecular weight is 479 g/mol. The normalized spacial score (nSPS) is 21.2. The number of carbonyl (C=O) groups is 3. The number of likely N-dealkylation sites (tertiary alicyclic amines) is 1. The molecule has 0 spiro atoms. The molecule has 184 valence electrons. The number of hydrogen-bond acceptors (Lipinski definition) is 5. The van der Waals surface area contributed by atoms with Crippen LogP contribution in [0.1, 0.15) is 36.3 Å². The Labute approximate surface area is 204 Å². The summed E-state index contributed by atoms with van der Waals surface area (Å²) in [5, 5.41) is 11.6. The minimum Gasteiger partial charge on any atom is -0.481 e. The van der Waals surface area contributed by atoms with Gasteiger partial charge in [0.15, 0.2) is 0 Å². The summed E-state index contributed by atoms with van der Waals surface area (Å²) >= 11 is 0. The number of fused-ring (bicyclic) bond motifs is 3. The molecular formula is C27H30N2O6. The van der Waals surface area contributed by atoms with Crippen LogP contribution in [-0.2, 0) is 19.1 Å². The maximum absolute atomic E-state index is 12.8. The van der Waals surface area contributed by atoms with Gasteiger partial charge in [0.2, 0.25) is 0 Å². The lowest BCUT2D eigenvalue weighted by molar-refractivity contribution is -0.149. The van der Waals surface area contributed by atoms with E-state index in [0.717, 1.165) is 11.1 Å². The number of aliphatic carboxylic acids is 1. The van der Waals surface area contributed by atoms with Gasteiger partial charge in [0.25, 0.3) is 5.91 Å². The van der Waals surface area contributed by atoms with Crippen LogP contribution >= 0.6 is 0 Å². The number of ether oxygens (including phenoxy) is 2. The zero-order valence-electron chi connectivity index (χ0n) is 19.5. The van der Waals surface area contributed by atoms with Gasteiger partial charge in [-0.2, -0.15) is 0 Å². The fourth-order valence-corrected chi connectivity index (χ4v) is 5.42. The standard InChI is InChI=1S/C27H30N2O6/c30-24(31)10-9-17-14-29(15-17)26(32)25-18(11-12-34-25)13-28-27(33)35-16-23-21-7-3-1-5-19(21)20-6-2-4-8-22(20)23/h1-8,17-18,23,25H,9-16H2,(H,28,33)(H,30,31).